The third-order valence-corrected chi connectivity index (χ3v) is 2.71. The maximum atomic E-state index is 10.8. The first kappa shape index (κ1) is 13.8. The minimum absolute atomic E-state index is 0.0242. The smallest absolute Gasteiger partial charge is 0.354 e. The first-order valence-corrected chi connectivity index (χ1v) is 6.12. The normalized spacial score (nSPS) is 10.1. The summed E-state index contributed by atoms with van der Waals surface area (Å²) in [5.74, 6) is 0.0580. The predicted molar refractivity (Wildman–Crippen MR) is 74.2 cm³/mol. The van der Waals surface area contributed by atoms with E-state index >= 15 is 0 Å². The van der Waals surface area contributed by atoms with Crippen LogP contribution in [0.1, 0.15) is 16.1 Å². The third kappa shape index (κ3) is 3.68. The lowest BCUT2D eigenvalue weighted by atomic mass is 10.1. The van der Waals surface area contributed by atoms with Gasteiger partial charge in [0.05, 0.1) is 7.11 Å². The Balaban J connectivity index is 1.92. The molecule has 0 fully saturated rings. The highest BCUT2D eigenvalue weighted by Crippen LogP contribution is 2.13. The monoisotopic (exact) mass is 273 g/mol. The van der Waals surface area contributed by atoms with Gasteiger partial charge >= 0.3 is 5.97 Å². The van der Waals surface area contributed by atoms with Crippen LogP contribution in [0.5, 0.6) is 5.75 Å². The number of anilines is 1. The summed E-state index contributed by atoms with van der Waals surface area (Å²) in [7, 11) is 1.63. The minimum atomic E-state index is -1.07. The molecule has 2 N–H and O–H groups in total. The largest absolute Gasteiger partial charge is 0.497 e. The molecule has 0 aliphatic rings. The van der Waals surface area contributed by atoms with Gasteiger partial charge in [-0.15, -0.1) is 0 Å². The van der Waals surface area contributed by atoms with Crippen LogP contribution in [0.25, 0.3) is 0 Å². The molecule has 0 saturated carbocycles. The molecule has 0 atom stereocenters. The molecule has 1 aromatic heterocycles. The highest BCUT2D eigenvalue weighted by Gasteiger charge is 2.05. The average molecular weight is 273 g/mol. The van der Waals surface area contributed by atoms with Gasteiger partial charge in [0, 0.05) is 12.7 Å². The Morgan fingerprint density at radius 1 is 1.40 bits per heavy atom. The van der Waals surface area contributed by atoms with Gasteiger partial charge in [0.15, 0.2) is 5.69 Å². The van der Waals surface area contributed by atoms with Crippen LogP contribution in [0.2, 0.25) is 0 Å². The van der Waals surface area contributed by atoms with Crippen molar-refractivity contribution in [1.29, 1.82) is 0 Å². The summed E-state index contributed by atoms with van der Waals surface area (Å²) >= 11 is 0. The second-order valence-electron chi connectivity index (χ2n) is 4.10. The van der Waals surface area contributed by atoms with Gasteiger partial charge in [0.2, 0.25) is 5.95 Å². The zero-order valence-corrected chi connectivity index (χ0v) is 11.0. The van der Waals surface area contributed by atoms with E-state index in [0.29, 0.717) is 12.5 Å². The molecule has 0 bridgehead atoms. The van der Waals surface area contributed by atoms with Crippen LogP contribution in [0.4, 0.5) is 5.95 Å². The van der Waals surface area contributed by atoms with Crippen LogP contribution in [0, 0.1) is 0 Å². The third-order valence-electron chi connectivity index (χ3n) is 2.71. The summed E-state index contributed by atoms with van der Waals surface area (Å²) < 4.78 is 5.15. The van der Waals surface area contributed by atoms with E-state index in [1.165, 1.54) is 12.3 Å². The van der Waals surface area contributed by atoms with Gasteiger partial charge in [0.1, 0.15) is 5.75 Å². The topological polar surface area (TPSA) is 84.3 Å². The molecule has 1 heterocycles. The molecule has 6 heteroatoms. The van der Waals surface area contributed by atoms with Crippen molar-refractivity contribution in [3.8, 4) is 5.75 Å². The Morgan fingerprint density at radius 2 is 2.25 bits per heavy atom. The van der Waals surface area contributed by atoms with Crippen LogP contribution < -0.4 is 10.1 Å². The fourth-order valence-corrected chi connectivity index (χ4v) is 1.71. The Morgan fingerprint density at radius 3 is 3.00 bits per heavy atom. The lowest BCUT2D eigenvalue weighted by molar-refractivity contribution is 0.0690. The van der Waals surface area contributed by atoms with E-state index in [9.17, 15) is 4.79 Å². The standard InChI is InChI=1S/C14H15N3O3/c1-20-11-4-2-3-10(9-11)5-7-15-14-16-8-6-12(17-14)13(18)19/h2-4,6,8-9H,5,7H2,1H3,(H,18,19)(H,15,16,17). The van der Waals surface area contributed by atoms with E-state index in [1.807, 2.05) is 24.3 Å². The van der Waals surface area contributed by atoms with E-state index in [2.05, 4.69) is 15.3 Å². The fraction of sp³-hybridized carbons (Fsp3) is 0.214. The Bertz CT molecular complexity index is 602. The average Bonchev–Trinajstić information content (AvgIpc) is 2.48. The highest BCUT2D eigenvalue weighted by molar-refractivity contribution is 5.85. The van der Waals surface area contributed by atoms with E-state index < -0.39 is 5.97 Å². The first-order valence-electron chi connectivity index (χ1n) is 6.12. The Labute approximate surface area is 116 Å². The number of aromatic carboxylic acids is 1. The van der Waals surface area contributed by atoms with Crippen molar-refractivity contribution in [3.63, 3.8) is 0 Å². The van der Waals surface area contributed by atoms with Crippen LogP contribution in [-0.2, 0) is 6.42 Å². The van der Waals surface area contributed by atoms with Crippen LogP contribution in [0.15, 0.2) is 36.5 Å². The molecular weight excluding hydrogens is 258 g/mol. The summed E-state index contributed by atoms with van der Waals surface area (Å²) in [5, 5.41) is 11.8. The zero-order chi connectivity index (χ0) is 14.4. The molecule has 0 unspecified atom stereocenters. The molecule has 2 aromatic rings. The number of methoxy groups -OCH3 is 1. The SMILES string of the molecule is COc1cccc(CCNc2nccc(C(=O)O)n2)c1. The van der Waals surface area contributed by atoms with Gasteiger partial charge < -0.3 is 15.2 Å². The second kappa shape index (κ2) is 6.51. The van der Waals surface area contributed by atoms with Gasteiger partial charge in [-0.2, -0.15) is 0 Å². The van der Waals surface area contributed by atoms with E-state index in [-0.39, 0.29) is 5.69 Å². The highest BCUT2D eigenvalue weighted by atomic mass is 16.5. The Kier molecular flexibility index (Phi) is 4.49. The molecular formula is C14H15N3O3. The van der Waals surface area contributed by atoms with Crippen molar-refractivity contribution in [2.45, 2.75) is 6.42 Å². The molecule has 104 valence electrons. The summed E-state index contributed by atoms with van der Waals surface area (Å²) in [6, 6.07) is 9.12. The number of benzene rings is 1. The van der Waals surface area contributed by atoms with Crippen LogP contribution in [0.3, 0.4) is 0 Å². The van der Waals surface area contributed by atoms with Crippen molar-refractivity contribution in [1.82, 2.24) is 9.97 Å². The number of hydrogen-bond acceptors (Lipinski definition) is 5. The maximum absolute atomic E-state index is 10.8. The maximum Gasteiger partial charge on any atom is 0.354 e. The number of aromatic nitrogens is 2. The molecule has 0 spiro atoms. The second-order valence-corrected chi connectivity index (χ2v) is 4.10. The molecule has 6 nitrogen and oxygen atoms in total. The summed E-state index contributed by atoms with van der Waals surface area (Å²) in [4.78, 5) is 18.7. The molecule has 20 heavy (non-hydrogen) atoms. The van der Waals surface area contributed by atoms with Gasteiger partial charge in [-0.05, 0) is 30.2 Å². The van der Waals surface area contributed by atoms with Crippen molar-refractivity contribution in [2.24, 2.45) is 0 Å². The van der Waals surface area contributed by atoms with Crippen LogP contribution in [-0.4, -0.2) is 34.7 Å². The number of ether oxygens (including phenoxy) is 1. The summed E-state index contributed by atoms with van der Waals surface area (Å²) in [6.07, 6.45) is 2.18. The number of rotatable bonds is 6. The zero-order valence-electron chi connectivity index (χ0n) is 11.0. The predicted octanol–water partition coefficient (Wildman–Crippen LogP) is 1.84. The molecule has 0 aliphatic heterocycles. The van der Waals surface area contributed by atoms with E-state index in [1.54, 1.807) is 7.11 Å². The first-order chi connectivity index (χ1) is 9.69. The van der Waals surface area contributed by atoms with E-state index in [4.69, 9.17) is 9.84 Å². The van der Waals surface area contributed by atoms with Gasteiger partial charge in [-0.1, -0.05) is 12.1 Å². The summed E-state index contributed by atoms with van der Waals surface area (Å²) in [5.41, 5.74) is 1.09. The van der Waals surface area contributed by atoms with Crippen molar-refractivity contribution in [3.05, 3.63) is 47.8 Å². The van der Waals surface area contributed by atoms with Crippen molar-refractivity contribution in [2.75, 3.05) is 19.0 Å². The number of carboxylic acid groups (broad SMARTS) is 1. The fourth-order valence-electron chi connectivity index (χ4n) is 1.71. The van der Waals surface area contributed by atoms with Gasteiger partial charge in [-0.3, -0.25) is 0 Å². The number of carboxylic acids is 1. The van der Waals surface area contributed by atoms with Gasteiger partial charge in [-0.25, -0.2) is 14.8 Å². The minimum Gasteiger partial charge on any atom is -0.497 e. The number of nitrogens with one attached hydrogen (secondary N) is 1. The number of nitrogens with zero attached hydrogens (tertiary/aromatic N) is 2. The van der Waals surface area contributed by atoms with Crippen molar-refractivity contribution < 1.29 is 14.6 Å². The molecule has 1 aromatic carbocycles. The Hall–Kier alpha value is -2.63. The molecule has 0 radical (unpaired) electrons. The molecule has 0 amide bonds. The lowest BCUT2D eigenvalue weighted by Crippen LogP contribution is -2.10. The van der Waals surface area contributed by atoms with Crippen molar-refractivity contribution >= 4 is 11.9 Å². The quantitative estimate of drug-likeness (QED) is 0.835. The molecule has 2 rings (SSSR count). The number of hydrogen-bond donors (Lipinski definition) is 2. The summed E-state index contributed by atoms with van der Waals surface area (Å²) in [6.45, 7) is 0.607. The van der Waals surface area contributed by atoms with Gasteiger partial charge in [0.25, 0.3) is 0 Å². The molecule has 0 aliphatic carbocycles. The lowest BCUT2D eigenvalue weighted by Gasteiger charge is -2.06. The van der Waals surface area contributed by atoms with E-state index in [0.717, 1.165) is 17.7 Å². The number of carbonyl (C=O) groups is 1. The molecule has 0 saturated heterocycles. The van der Waals surface area contributed by atoms with Crippen LogP contribution >= 0.6 is 0 Å².